The molecule has 6 heteroatoms. The molecule has 124 valence electrons. The number of likely N-dealkylation sites (tertiary alicyclic amines) is 1. The van der Waals surface area contributed by atoms with Crippen molar-refractivity contribution in [2.45, 2.75) is 39.7 Å². The lowest BCUT2D eigenvalue weighted by Gasteiger charge is -2.32. The number of fused-ring (bicyclic) bond motifs is 1. The average Bonchev–Trinajstić information content (AvgIpc) is 2.80. The number of carbonyl (C=O) groups excluding carboxylic acids is 1. The van der Waals surface area contributed by atoms with Crippen molar-refractivity contribution in [3.05, 3.63) is 23.0 Å². The molecular weight excluding hydrogens is 292 g/mol. The van der Waals surface area contributed by atoms with Gasteiger partial charge < -0.3 is 9.64 Å². The first-order valence-corrected chi connectivity index (χ1v) is 8.23. The fourth-order valence-corrected chi connectivity index (χ4v) is 3.31. The topological polar surface area (TPSA) is 60.2 Å². The summed E-state index contributed by atoms with van der Waals surface area (Å²) >= 11 is 0. The predicted octanol–water partition coefficient (Wildman–Crippen LogP) is 2.23. The van der Waals surface area contributed by atoms with E-state index in [2.05, 4.69) is 10.1 Å². The highest BCUT2D eigenvalue weighted by Crippen LogP contribution is 2.22. The standard InChI is InChI=1S/C17H24N4O2/c1-5-23-13-7-6-8-21(10-13)17(22)15-9-14-12(3)19-20(4)16(14)18-11(15)2/h9,13H,5-8,10H2,1-4H3. The van der Waals surface area contributed by atoms with E-state index in [1.807, 2.05) is 38.8 Å². The molecule has 2 aromatic rings. The second-order valence-corrected chi connectivity index (χ2v) is 6.17. The van der Waals surface area contributed by atoms with E-state index in [4.69, 9.17) is 4.74 Å². The smallest absolute Gasteiger partial charge is 0.255 e. The number of aryl methyl sites for hydroxylation is 3. The van der Waals surface area contributed by atoms with Crippen molar-refractivity contribution in [1.29, 1.82) is 0 Å². The molecule has 1 saturated heterocycles. The largest absolute Gasteiger partial charge is 0.377 e. The number of carbonyl (C=O) groups is 1. The van der Waals surface area contributed by atoms with Gasteiger partial charge in [-0.2, -0.15) is 5.10 Å². The van der Waals surface area contributed by atoms with Gasteiger partial charge in [-0.1, -0.05) is 0 Å². The number of amides is 1. The quantitative estimate of drug-likeness (QED) is 0.871. The van der Waals surface area contributed by atoms with Crippen LogP contribution in [0.25, 0.3) is 11.0 Å². The van der Waals surface area contributed by atoms with E-state index in [9.17, 15) is 4.79 Å². The average molecular weight is 316 g/mol. The Bertz CT molecular complexity index is 736. The van der Waals surface area contributed by atoms with E-state index in [1.54, 1.807) is 4.68 Å². The molecule has 0 aliphatic carbocycles. The molecule has 2 aromatic heterocycles. The Morgan fingerprint density at radius 3 is 2.91 bits per heavy atom. The molecule has 1 fully saturated rings. The normalized spacial score (nSPS) is 18.6. The maximum Gasteiger partial charge on any atom is 0.255 e. The SMILES string of the molecule is CCOC1CCCN(C(=O)c2cc3c(C)nn(C)c3nc2C)C1. The third kappa shape index (κ3) is 2.95. The molecule has 6 nitrogen and oxygen atoms in total. The highest BCUT2D eigenvalue weighted by Gasteiger charge is 2.26. The van der Waals surface area contributed by atoms with Crippen molar-refractivity contribution in [3.63, 3.8) is 0 Å². The molecule has 0 spiro atoms. The maximum absolute atomic E-state index is 12.9. The van der Waals surface area contributed by atoms with Gasteiger partial charge in [0.15, 0.2) is 5.65 Å². The summed E-state index contributed by atoms with van der Waals surface area (Å²) in [6.07, 6.45) is 2.15. The minimum Gasteiger partial charge on any atom is -0.377 e. The zero-order chi connectivity index (χ0) is 16.6. The highest BCUT2D eigenvalue weighted by atomic mass is 16.5. The maximum atomic E-state index is 12.9. The molecule has 0 aromatic carbocycles. The Kier molecular flexibility index (Phi) is 4.35. The highest BCUT2D eigenvalue weighted by molar-refractivity contribution is 5.98. The minimum atomic E-state index is 0.0459. The minimum absolute atomic E-state index is 0.0459. The molecule has 0 N–H and O–H groups in total. The van der Waals surface area contributed by atoms with Crippen LogP contribution >= 0.6 is 0 Å². The summed E-state index contributed by atoms with van der Waals surface area (Å²) < 4.78 is 7.46. The summed E-state index contributed by atoms with van der Waals surface area (Å²) in [6, 6.07) is 1.94. The predicted molar refractivity (Wildman–Crippen MR) is 88.5 cm³/mol. The first-order chi connectivity index (χ1) is 11.0. The molecule has 1 unspecified atom stereocenters. The third-order valence-electron chi connectivity index (χ3n) is 4.49. The van der Waals surface area contributed by atoms with Crippen molar-refractivity contribution < 1.29 is 9.53 Å². The Morgan fingerprint density at radius 1 is 1.39 bits per heavy atom. The van der Waals surface area contributed by atoms with Crippen molar-refractivity contribution in [3.8, 4) is 0 Å². The van der Waals surface area contributed by atoms with Gasteiger partial charge in [0.25, 0.3) is 5.91 Å². The number of hydrogen-bond acceptors (Lipinski definition) is 4. The van der Waals surface area contributed by atoms with Gasteiger partial charge in [0.1, 0.15) is 0 Å². The summed E-state index contributed by atoms with van der Waals surface area (Å²) in [6.45, 7) is 7.96. The van der Waals surface area contributed by atoms with E-state index in [-0.39, 0.29) is 12.0 Å². The molecule has 3 heterocycles. The second-order valence-electron chi connectivity index (χ2n) is 6.17. The molecule has 0 saturated carbocycles. The van der Waals surface area contributed by atoms with Crippen LogP contribution in [0, 0.1) is 13.8 Å². The van der Waals surface area contributed by atoms with Crippen molar-refractivity contribution in [1.82, 2.24) is 19.7 Å². The lowest BCUT2D eigenvalue weighted by atomic mass is 10.1. The van der Waals surface area contributed by atoms with E-state index < -0.39 is 0 Å². The Hall–Kier alpha value is -1.95. The van der Waals surface area contributed by atoms with E-state index >= 15 is 0 Å². The van der Waals surface area contributed by atoms with Gasteiger partial charge in [-0.25, -0.2) is 4.98 Å². The molecule has 3 rings (SSSR count). The molecule has 0 radical (unpaired) electrons. The summed E-state index contributed by atoms with van der Waals surface area (Å²) in [7, 11) is 1.88. The van der Waals surface area contributed by atoms with Crippen LogP contribution < -0.4 is 0 Å². The number of rotatable bonds is 3. The van der Waals surface area contributed by atoms with Gasteiger partial charge in [0.2, 0.25) is 0 Å². The van der Waals surface area contributed by atoms with Gasteiger partial charge >= 0.3 is 0 Å². The van der Waals surface area contributed by atoms with Gasteiger partial charge in [-0.3, -0.25) is 9.48 Å². The van der Waals surface area contributed by atoms with Gasteiger partial charge in [0, 0.05) is 32.1 Å². The first-order valence-electron chi connectivity index (χ1n) is 8.23. The van der Waals surface area contributed by atoms with Crippen LogP contribution in [0.15, 0.2) is 6.07 Å². The van der Waals surface area contributed by atoms with Crippen LogP contribution in [0.5, 0.6) is 0 Å². The van der Waals surface area contributed by atoms with Gasteiger partial charge in [0.05, 0.1) is 23.1 Å². The number of hydrogen-bond donors (Lipinski definition) is 0. The number of pyridine rings is 1. The van der Waals surface area contributed by atoms with Crippen LogP contribution in [0.2, 0.25) is 0 Å². The molecule has 1 amide bonds. The van der Waals surface area contributed by atoms with Crippen molar-refractivity contribution in [2.75, 3.05) is 19.7 Å². The van der Waals surface area contributed by atoms with E-state index in [1.165, 1.54) is 0 Å². The molecule has 1 aliphatic rings. The van der Waals surface area contributed by atoms with Crippen LogP contribution in [0.4, 0.5) is 0 Å². The van der Waals surface area contributed by atoms with Crippen LogP contribution in [0.3, 0.4) is 0 Å². The summed E-state index contributed by atoms with van der Waals surface area (Å²) in [5.74, 6) is 0.0459. The monoisotopic (exact) mass is 316 g/mol. The van der Waals surface area contributed by atoms with Crippen LogP contribution in [0.1, 0.15) is 41.5 Å². The Morgan fingerprint density at radius 2 is 2.17 bits per heavy atom. The van der Waals surface area contributed by atoms with Crippen molar-refractivity contribution in [2.24, 2.45) is 7.05 Å². The van der Waals surface area contributed by atoms with E-state index in [0.717, 1.165) is 41.8 Å². The first kappa shape index (κ1) is 15.9. The molecule has 0 bridgehead atoms. The summed E-state index contributed by atoms with van der Waals surface area (Å²) in [5, 5.41) is 5.33. The van der Waals surface area contributed by atoms with Crippen LogP contribution in [-0.2, 0) is 11.8 Å². The summed E-state index contributed by atoms with van der Waals surface area (Å²) in [5.41, 5.74) is 3.15. The number of nitrogens with zero attached hydrogens (tertiary/aromatic N) is 4. The molecule has 1 atom stereocenters. The zero-order valence-corrected chi connectivity index (χ0v) is 14.3. The van der Waals surface area contributed by atoms with Gasteiger partial charge in [-0.15, -0.1) is 0 Å². The summed E-state index contributed by atoms with van der Waals surface area (Å²) in [4.78, 5) is 19.4. The van der Waals surface area contributed by atoms with Crippen molar-refractivity contribution >= 4 is 16.9 Å². The Balaban J connectivity index is 1.91. The Labute approximate surface area is 136 Å². The molecule has 1 aliphatic heterocycles. The van der Waals surface area contributed by atoms with Gasteiger partial charge in [-0.05, 0) is 39.7 Å². The zero-order valence-electron chi connectivity index (χ0n) is 14.3. The number of piperidine rings is 1. The third-order valence-corrected chi connectivity index (χ3v) is 4.49. The lowest BCUT2D eigenvalue weighted by Crippen LogP contribution is -2.43. The second kappa shape index (κ2) is 6.28. The number of aromatic nitrogens is 3. The molecular formula is C17H24N4O2. The lowest BCUT2D eigenvalue weighted by molar-refractivity contribution is 0.00720. The van der Waals surface area contributed by atoms with E-state index in [0.29, 0.717) is 18.7 Å². The van der Waals surface area contributed by atoms with Crippen LogP contribution in [-0.4, -0.2) is 51.4 Å². The fourth-order valence-electron chi connectivity index (χ4n) is 3.31. The fraction of sp³-hybridized carbons (Fsp3) is 0.588. The number of ether oxygens (including phenoxy) is 1. The molecule has 23 heavy (non-hydrogen) atoms.